The van der Waals surface area contributed by atoms with Gasteiger partial charge in [-0.2, -0.15) is 0 Å². The lowest BCUT2D eigenvalue weighted by molar-refractivity contribution is -0.123. The minimum Gasteiger partial charge on any atom is -0.465 e. The number of amides is 2. The first kappa shape index (κ1) is 30.0. The molecule has 0 spiro atoms. The smallest absolute Gasteiger partial charge is 0.404 e. The van der Waals surface area contributed by atoms with Crippen molar-refractivity contribution in [2.45, 2.75) is 116 Å². The molecule has 0 saturated heterocycles. The summed E-state index contributed by atoms with van der Waals surface area (Å²) in [6.07, 6.45) is 16.9. The number of hydrogen-bond acceptors (Lipinski definition) is 3. The third-order valence-electron chi connectivity index (χ3n) is 6.24. The zero-order chi connectivity index (χ0) is 24.7. The van der Waals surface area contributed by atoms with E-state index in [1.807, 2.05) is 30.3 Å². The first-order chi connectivity index (χ1) is 16.6. The molecule has 1 aromatic rings. The van der Waals surface area contributed by atoms with Crippen LogP contribution in [0.4, 0.5) is 4.79 Å². The molecule has 4 N–H and O–H groups in total. The predicted octanol–water partition coefficient (Wildman–Crippen LogP) is 6.40. The van der Waals surface area contributed by atoms with Crippen LogP contribution in [0.2, 0.25) is 0 Å². The number of benzene rings is 1. The van der Waals surface area contributed by atoms with Gasteiger partial charge in [-0.05, 0) is 31.2 Å². The fourth-order valence-corrected chi connectivity index (χ4v) is 4.13. The van der Waals surface area contributed by atoms with E-state index in [-0.39, 0.29) is 11.9 Å². The van der Waals surface area contributed by atoms with E-state index in [1.54, 1.807) is 0 Å². The molecular weight excluding hydrogens is 426 g/mol. The van der Waals surface area contributed by atoms with Crippen LogP contribution in [0.15, 0.2) is 30.3 Å². The number of nitrogens with one attached hydrogen (secondary N) is 3. The number of hydrogen-bond donors (Lipinski definition) is 4. The highest BCUT2D eigenvalue weighted by Gasteiger charge is 2.17. The average Bonchev–Trinajstić information content (AvgIpc) is 2.84. The molecular formula is C28H49N3O3. The third-order valence-corrected chi connectivity index (χ3v) is 6.24. The molecule has 1 unspecified atom stereocenters. The van der Waals surface area contributed by atoms with Gasteiger partial charge in [-0.15, -0.1) is 0 Å². The van der Waals surface area contributed by atoms with Crippen LogP contribution in [0, 0.1) is 0 Å². The van der Waals surface area contributed by atoms with Gasteiger partial charge in [-0.3, -0.25) is 4.79 Å². The zero-order valence-corrected chi connectivity index (χ0v) is 21.5. The Kier molecular flexibility index (Phi) is 18.9. The van der Waals surface area contributed by atoms with E-state index in [0.717, 1.165) is 31.4 Å². The maximum atomic E-state index is 12.8. The fraction of sp³-hybridized carbons (Fsp3) is 0.714. The fourth-order valence-electron chi connectivity index (χ4n) is 4.13. The summed E-state index contributed by atoms with van der Waals surface area (Å²) in [6.45, 7) is 4.05. The predicted molar refractivity (Wildman–Crippen MR) is 141 cm³/mol. The van der Waals surface area contributed by atoms with E-state index in [4.69, 9.17) is 5.11 Å². The van der Waals surface area contributed by atoms with E-state index in [9.17, 15) is 9.59 Å². The molecule has 0 aliphatic heterocycles. The Labute approximate surface area is 207 Å². The van der Waals surface area contributed by atoms with E-state index in [0.29, 0.717) is 19.5 Å². The standard InChI is InChI=1S/C28H49N3O3/c1-2-3-4-5-6-7-8-9-10-11-12-17-22-29-27(32)26(21-16-18-23-30-28(33)34)31-24-25-19-14-13-15-20-25/h13-15,19-20,26,30-31H,2-12,16-18,21-24H2,1H3,(H,29,32)(H,33,34). The van der Waals surface area contributed by atoms with Crippen LogP contribution in [0.3, 0.4) is 0 Å². The van der Waals surface area contributed by atoms with Crippen molar-refractivity contribution in [2.75, 3.05) is 13.1 Å². The Morgan fingerprint density at radius 3 is 1.85 bits per heavy atom. The Morgan fingerprint density at radius 2 is 1.26 bits per heavy atom. The van der Waals surface area contributed by atoms with Crippen molar-refractivity contribution in [3.8, 4) is 0 Å². The summed E-state index contributed by atoms with van der Waals surface area (Å²) in [4.78, 5) is 23.3. The highest BCUT2D eigenvalue weighted by molar-refractivity contribution is 5.81. The molecule has 2 amide bonds. The van der Waals surface area contributed by atoms with E-state index < -0.39 is 6.09 Å². The van der Waals surface area contributed by atoms with Crippen molar-refractivity contribution >= 4 is 12.0 Å². The zero-order valence-electron chi connectivity index (χ0n) is 21.5. The summed E-state index contributed by atoms with van der Waals surface area (Å²) >= 11 is 0. The molecule has 34 heavy (non-hydrogen) atoms. The number of rotatable bonds is 22. The van der Waals surface area contributed by atoms with E-state index in [2.05, 4.69) is 22.9 Å². The van der Waals surface area contributed by atoms with Gasteiger partial charge in [-0.25, -0.2) is 4.79 Å². The highest BCUT2D eigenvalue weighted by atomic mass is 16.4. The molecule has 0 heterocycles. The van der Waals surface area contributed by atoms with Crippen molar-refractivity contribution in [3.63, 3.8) is 0 Å². The third kappa shape index (κ3) is 17.4. The molecule has 0 saturated carbocycles. The van der Waals surface area contributed by atoms with Crippen molar-refractivity contribution in [2.24, 2.45) is 0 Å². The lowest BCUT2D eigenvalue weighted by Crippen LogP contribution is -2.44. The normalized spacial score (nSPS) is 11.8. The number of carbonyl (C=O) groups is 2. The van der Waals surface area contributed by atoms with Crippen LogP contribution in [-0.4, -0.2) is 36.2 Å². The lowest BCUT2D eigenvalue weighted by atomic mass is 10.1. The largest absolute Gasteiger partial charge is 0.465 e. The van der Waals surface area contributed by atoms with Crippen LogP contribution in [0.25, 0.3) is 0 Å². The van der Waals surface area contributed by atoms with Gasteiger partial charge in [0.2, 0.25) is 5.91 Å². The van der Waals surface area contributed by atoms with Crippen LogP contribution >= 0.6 is 0 Å². The highest BCUT2D eigenvalue weighted by Crippen LogP contribution is 2.12. The van der Waals surface area contributed by atoms with Gasteiger partial charge in [0.25, 0.3) is 0 Å². The van der Waals surface area contributed by atoms with Crippen molar-refractivity contribution in [1.29, 1.82) is 0 Å². The van der Waals surface area contributed by atoms with Crippen LogP contribution in [0.5, 0.6) is 0 Å². The van der Waals surface area contributed by atoms with Crippen molar-refractivity contribution < 1.29 is 14.7 Å². The summed E-state index contributed by atoms with van der Waals surface area (Å²) in [5, 5.41) is 17.5. The maximum absolute atomic E-state index is 12.8. The van der Waals surface area contributed by atoms with E-state index in [1.165, 1.54) is 70.6 Å². The molecule has 6 nitrogen and oxygen atoms in total. The minimum absolute atomic E-state index is 0.0465. The number of carbonyl (C=O) groups excluding carboxylic acids is 1. The summed E-state index contributed by atoms with van der Waals surface area (Å²) in [7, 11) is 0. The molecule has 1 aromatic carbocycles. The van der Waals surface area contributed by atoms with Crippen LogP contribution in [0.1, 0.15) is 109 Å². The molecule has 1 rings (SSSR count). The second kappa shape index (κ2) is 21.5. The second-order valence-corrected chi connectivity index (χ2v) is 9.33. The van der Waals surface area contributed by atoms with Crippen molar-refractivity contribution in [1.82, 2.24) is 16.0 Å². The molecule has 194 valence electrons. The average molecular weight is 476 g/mol. The first-order valence-corrected chi connectivity index (χ1v) is 13.6. The molecule has 1 atom stereocenters. The summed E-state index contributed by atoms with van der Waals surface area (Å²) < 4.78 is 0. The summed E-state index contributed by atoms with van der Waals surface area (Å²) in [5.74, 6) is 0.0465. The quantitative estimate of drug-likeness (QED) is 0.146. The van der Waals surface area contributed by atoms with Gasteiger partial charge in [0.15, 0.2) is 0 Å². The van der Waals surface area contributed by atoms with Gasteiger partial charge in [-0.1, -0.05) is 108 Å². The first-order valence-electron chi connectivity index (χ1n) is 13.6. The maximum Gasteiger partial charge on any atom is 0.404 e. The molecule has 0 aliphatic rings. The van der Waals surface area contributed by atoms with Crippen LogP contribution in [-0.2, 0) is 11.3 Å². The molecule has 0 radical (unpaired) electrons. The van der Waals surface area contributed by atoms with Gasteiger partial charge >= 0.3 is 6.09 Å². The monoisotopic (exact) mass is 475 g/mol. The minimum atomic E-state index is -1.00. The molecule has 0 aliphatic carbocycles. The van der Waals surface area contributed by atoms with Gasteiger partial charge < -0.3 is 21.1 Å². The molecule has 6 heteroatoms. The molecule has 0 bridgehead atoms. The van der Waals surface area contributed by atoms with Gasteiger partial charge in [0.1, 0.15) is 0 Å². The number of carboxylic acid groups (broad SMARTS) is 1. The van der Waals surface area contributed by atoms with Crippen LogP contribution < -0.4 is 16.0 Å². The summed E-state index contributed by atoms with van der Waals surface area (Å²) in [5.41, 5.74) is 1.15. The topological polar surface area (TPSA) is 90.5 Å². The molecule has 0 aromatic heterocycles. The Balaban J connectivity index is 2.17. The van der Waals surface area contributed by atoms with E-state index >= 15 is 0 Å². The lowest BCUT2D eigenvalue weighted by Gasteiger charge is -2.19. The molecule has 0 fully saturated rings. The Hall–Kier alpha value is -2.08. The van der Waals surface area contributed by atoms with Gasteiger partial charge in [0.05, 0.1) is 6.04 Å². The Bertz CT molecular complexity index is 625. The van der Waals surface area contributed by atoms with Gasteiger partial charge in [0, 0.05) is 19.6 Å². The van der Waals surface area contributed by atoms with Crippen molar-refractivity contribution in [3.05, 3.63) is 35.9 Å². The summed E-state index contributed by atoms with van der Waals surface area (Å²) in [6, 6.07) is 9.81. The second-order valence-electron chi connectivity index (χ2n) is 9.33. The number of unbranched alkanes of at least 4 members (excludes halogenated alkanes) is 12. The SMILES string of the molecule is CCCCCCCCCCCCCCNC(=O)C(CCCCNC(=O)O)NCc1ccccc1. The Morgan fingerprint density at radius 1 is 0.735 bits per heavy atom.